The number of halogens is 1. The van der Waals surface area contributed by atoms with E-state index in [0.29, 0.717) is 11.3 Å². The molecule has 2 heterocycles. The number of rotatable bonds is 3. The van der Waals surface area contributed by atoms with E-state index in [1.165, 1.54) is 0 Å². The molecule has 1 aromatic carbocycles. The van der Waals surface area contributed by atoms with Gasteiger partial charge in [-0.15, -0.1) is 12.4 Å². The van der Waals surface area contributed by atoms with Crippen LogP contribution in [0.3, 0.4) is 0 Å². The third-order valence-electron chi connectivity index (χ3n) is 5.75. The van der Waals surface area contributed by atoms with E-state index in [1.54, 1.807) is 4.90 Å². The van der Waals surface area contributed by atoms with Crippen LogP contribution >= 0.6 is 12.4 Å². The van der Waals surface area contributed by atoms with Crippen molar-refractivity contribution >= 4 is 18.3 Å². The molecule has 28 heavy (non-hydrogen) atoms. The molecular weight excluding hydrogens is 376 g/mol. The molecule has 4 rings (SSSR count). The first kappa shape index (κ1) is 20.6. The number of fused-ring (bicyclic) bond motifs is 1. The van der Waals surface area contributed by atoms with E-state index >= 15 is 0 Å². The first-order valence-electron chi connectivity index (χ1n) is 9.70. The first-order valence-corrected chi connectivity index (χ1v) is 9.70. The van der Waals surface area contributed by atoms with Crippen LogP contribution in [0, 0.1) is 13.8 Å². The van der Waals surface area contributed by atoms with E-state index in [0.717, 1.165) is 54.5 Å². The summed E-state index contributed by atoms with van der Waals surface area (Å²) in [5, 5.41) is 10.3. The Bertz CT molecular complexity index is 854. The number of aliphatic hydroxyl groups excluding tert-OH is 1. The zero-order valence-electron chi connectivity index (χ0n) is 16.4. The molecule has 150 valence electrons. The number of pyridine rings is 1. The van der Waals surface area contributed by atoms with Crippen LogP contribution in [0.1, 0.15) is 58.4 Å². The number of hydrogen-bond acceptors (Lipinski definition) is 4. The van der Waals surface area contributed by atoms with Gasteiger partial charge in [0.05, 0.1) is 17.7 Å². The molecule has 2 aliphatic rings. The largest absolute Gasteiger partial charge is 0.472 e. The lowest BCUT2D eigenvalue weighted by molar-refractivity contribution is -0.0124. The predicted octanol–water partition coefficient (Wildman–Crippen LogP) is 3.81. The highest BCUT2D eigenvalue weighted by Crippen LogP contribution is 2.33. The molecule has 6 heteroatoms. The van der Waals surface area contributed by atoms with E-state index < -0.39 is 6.10 Å². The summed E-state index contributed by atoms with van der Waals surface area (Å²) in [5.74, 6) is 0.607. The number of aromatic nitrogens is 1. The van der Waals surface area contributed by atoms with Gasteiger partial charge in [-0.05, 0) is 68.0 Å². The van der Waals surface area contributed by atoms with Crippen LogP contribution in [0.5, 0.6) is 5.75 Å². The Kier molecular flexibility index (Phi) is 6.26. The summed E-state index contributed by atoms with van der Waals surface area (Å²) in [6.45, 7) is 4.23. The highest BCUT2D eigenvalue weighted by molar-refractivity contribution is 5.98. The fourth-order valence-corrected chi connectivity index (χ4v) is 4.08. The van der Waals surface area contributed by atoms with Gasteiger partial charge in [-0.2, -0.15) is 0 Å². The van der Waals surface area contributed by atoms with Crippen LogP contribution in [-0.2, 0) is 6.42 Å². The van der Waals surface area contributed by atoms with Crippen LogP contribution in [-0.4, -0.2) is 39.8 Å². The Morgan fingerprint density at radius 2 is 2.00 bits per heavy atom. The van der Waals surface area contributed by atoms with Gasteiger partial charge in [-0.25, -0.2) is 0 Å². The zero-order chi connectivity index (χ0) is 19.0. The van der Waals surface area contributed by atoms with Gasteiger partial charge >= 0.3 is 0 Å². The first-order chi connectivity index (χ1) is 13.0. The fraction of sp³-hybridized carbons (Fsp3) is 0.455. The lowest BCUT2D eigenvalue weighted by Gasteiger charge is -2.39. The van der Waals surface area contributed by atoms with Gasteiger partial charge in [0.15, 0.2) is 6.73 Å². The molecule has 0 radical (unpaired) electrons. The van der Waals surface area contributed by atoms with E-state index in [2.05, 4.69) is 11.1 Å². The molecule has 1 aromatic heterocycles. The number of benzene rings is 1. The highest BCUT2D eigenvalue weighted by atomic mass is 35.5. The summed E-state index contributed by atoms with van der Waals surface area (Å²) in [7, 11) is 0. The summed E-state index contributed by atoms with van der Waals surface area (Å²) >= 11 is 0. The molecule has 0 bridgehead atoms. The van der Waals surface area contributed by atoms with Crippen molar-refractivity contribution in [1.82, 2.24) is 9.88 Å². The van der Waals surface area contributed by atoms with Crippen molar-refractivity contribution < 1.29 is 14.6 Å². The summed E-state index contributed by atoms with van der Waals surface area (Å²) < 4.78 is 5.89. The highest BCUT2D eigenvalue weighted by Gasteiger charge is 2.36. The lowest BCUT2D eigenvalue weighted by Crippen LogP contribution is -2.51. The average molecular weight is 403 g/mol. The number of carbonyl (C=O) groups is 1. The Labute approximate surface area is 172 Å². The second-order valence-electron chi connectivity index (χ2n) is 7.73. The monoisotopic (exact) mass is 402 g/mol. The molecule has 1 aliphatic heterocycles. The molecular formula is C22H27ClN2O3. The van der Waals surface area contributed by atoms with Crippen LogP contribution in [0.15, 0.2) is 30.5 Å². The molecule has 1 amide bonds. The minimum Gasteiger partial charge on any atom is -0.472 e. The summed E-state index contributed by atoms with van der Waals surface area (Å²) in [6.07, 6.45) is 5.79. The van der Waals surface area contributed by atoms with Gasteiger partial charge in [-0.3, -0.25) is 14.7 Å². The molecule has 1 aliphatic carbocycles. The Balaban J connectivity index is 0.00000225. The molecule has 2 aromatic rings. The molecule has 2 atom stereocenters. The van der Waals surface area contributed by atoms with Gasteiger partial charge < -0.3 is 9.84 Å². The maximum absolute atomic E-state index is 13.1. The van der Waals surface area contributed by atoms with Crippen LogP contribution in [0.4, 0.5) is 0 Å². The summed E-state index contributed by atoms with van der Waals surface area (Å²) in [4.78, 5) is 19.2. The quantitative estimate of drug-likeness (QED) is 0.848. The van der Waals surface area contributed by atoms with Crippen molar-refractivity contribution in [1.29, 1.82) is 0 Å². The average Bonchev–Trinajstić information content (AvgIpc) is 2.66. The fourth-order valence-electron chi connectivity index (χ4n) is 4.08. The molecule has 1 N–H and O–H groups in total. The number of hydrogen-bond donors (Lipinski definition) is 1. The normalized spacial score (nSPS) is 21.5. The second kappa shape index (κ2) is 8.50. The Morgan fingerprint density at radius 1 is 1.21 bits per heavy atom. The van der Waals surface area contributed by atoms with Gasteiger partial charge in [0.25, 0.3) is 5.91 Å². The molecule has 1 fully saturated rings. The van der Waals surface area contributed by atoms with E-state index in [-0.39, 0.29) is 31.1 Å². The van der Waals surface area contributed by atoms with E-state index in [9.17, 15) is 9.90 Å². The van der Waals surface area contributed by atoms with Gasteiger partial charge in [0, 0.05) is 11.9 Å². The minimum absolute atomic E-state index is 0. The summed E-state index contributed by atoms with van der Waals surface area (Å²) in [6, 6.07) is 7.84. The van der Waals surface area contributed by atoms with Gasteiger partial charge in [-0.1, -0.05) is 18.9 Å². The number of nitrogens with zero attached hydrogens (tertiary/aromatic N) is 2. The molecule has 0 spiro atoms. The van der Waals surface area contributed by atoms with Crippen molar-refractivity contribution in [2.75, 3.05) is 6.73 Å². The van der Waals surface area contributed by atoms with Crippen molar-refractivity contribution in [2.45, 2.75) is 58.1 Å². The van der Waals surface area contributed by atoms with Crippen molar-refractivity contribution in [3.8, 4) is 5.75 Å². The van der Waals surface area contributed by atoms with Crippen molar-refractivity contribution in [3.05, 3.63) is 58.4 Å². The number of ether oxygens (including phenoxy) is 1. The van der Waals surface area contributed by atoms with Crippen LogP contribution < -0.4 is 4.74 Å². The number of aryl methyl sites for hydroxylation is 2. The molecule has 1 saturated carbocycles. The third kappa shape index (κ3) is 4.01. The standard InChI is InChI=1S/C22H26N2O3.ClH/c1-14-9-21-18(11-17(14)10-16-8-7-15(2)23-12-16)22(26)24(13-27-21)19-5-3-4-6-20(19)25;/h7-9,11-12,19-20,25H,3-6,10,13H2,1-2H3;1H/t19-,20-;/m0./s1. The van der Waals surface area contributed by atoms with Gasteiger partial charge in [0.1, 0.15) is 5.75 Å². The SMILES string of the molecule is Cc1ccc(Cc2cc3c(cc2C)OCN([C@H]2CCCC[C@@H]2O)C3=O)cn1.Cl. The summed E-state index contributed by atoms with van der Waals surface area (Å²) in [5.41, 5.74) is 4.91. The Hall–Kier alpha value is -2.11. The number of amides is 1. The maximum Gasteiger partial charge on any atom is 0.260 e. The maximum atomic E-state index is 13.1. The smallest absolute Gasteiger partial charge is 0.260 e. The topological polar surface area (TPSA) is 62.7 Å². The number of carbonyl (C=O) groups excluding carboxylic acids is 1. The lowest BCUT2D eigenvalue weighted by atomic mass is 9.90. The molecule has 0 unspecified atom stereocenters. The third-order valence-corrected chi connectivity index (χ3v) is 5.75. The molecule has 0 saturated heterocycles. The van der Waals surface area contributed by atoms with Crippen LogP contribution in [0.2, 0.25) is 0 Å². The minimum atomic E-state index is -0.462. The zero-order valence-corrected chi connectivity index (χ0v) is 17.2. The second-order valence-corrected chi connectivity index (χ2v) is 7.73. The predicted molar refractivity (Wildman–Crippen MR) is 110 cm³/mol. The van der Waals surface area contributed by atoms with Crippen molar-refractivity contribution in [2.24, 2.45) is 0 Å². The van der Waals surface area contributed by atoms with Crippen molar-refractivity contribution in [3.63, 3.8) is 0 Å². The van der Waals surface area contributed by atoms with Gasteiger partial charge in [0.2, 0.25) is 0 Å². The van der Waals surface area contributed by atoms with E-state index in [4.69, 9.17) is 4.74 Å². The number of aliphatic hydroxyl groups is 1. The van der Waals surface area contributed by atoms with Crippen LogP contribution in [0.25, 0.3) is 0 Å². The van der Waals surface area contributed by atoms with E-state index in [1.807, 2.05) is 38.2 Å². The Morgan fingerprint density at radius 3 is 2.71 bits per heavy atom. The molecule has 5 nitrogen and oxygen atoms in total.